The molecule has 2 aliphatic rings. The quantitative estimate of drug-likeness (QED) is 0.648. The number of alkyl carbamates (subject to hydrolysis) is 1. The van der Waals surface area contributed by atoms with E-state index in [1.165, 1.54) is 0 Å². The first kappa shape index (κ1) is 23.8. The molecular weight excluding hydrogens is 436 g/mol. The minimum Gasteiger partial charge on any atom is -0.481 e. The summed E-state index contributed by atoms with van der Waals surface area (Å²) in [5, 5.41) is 11.8. The molecule has 1 heterocycles. The van der Waals surface area contributed by atoms with Crippen LogP contribution in [0.2, 0.25) is 0 Å². The van der Waals surface area contributed by atoms with Gasteiger partial charge in [-0.05, 0) is 42.0 Å². The number of ether oxygens (including phenoxy) is 2. The normalized spacial score (nSPS) is 18.4. The fourth-order valence-corrected chi connectivity index (χ4v) is 4.74. The molecule has 180 valence electrons. The molecule has 2 amide bonds. The van der Waals surface area contributed by atoms with Crippen LogP contribution >= 0.6 is 0 Å². The molecule has 1 aliphatic carbocycles. The van der Waals surface area contributed by atoms with E-state index in [0.717, 1.165) is 22.3 Å². The third kappa shape index (κ3) is 5.22. The SMILES string of the molecule is CC1COCCCN1C(=O)C(CCC(=O)O)NC(=O)OCC1c2ccccc2-c2ccccc21. The van der Waals surface area contributed by atoms with Crippen molar-refractivity contribution in [2.24, 2.45) is 0 Å². The van der Waals surface area contributed by atoms with Crippen LogP contribution in [-0.4, -0.2) is 66.4 Å². The minimum atomic E-state index is -1.03. The van der Waals surface area contributed by atoms with Gasteiger partial charge in [0.25, 0.3) is 0 Å². The lowest BCUT2D eigenvalue weighted by Crippen LogP contribution is -2.52. The molecule has 34 heavy (non-hydrogen) atoms. The molecule has 0 saturated carbocycles. The smallest absolute Gasteiger partial charge is 0.407 e. The highest BCUT2D eigenvalue weighted by Gasteiger charge is 2.32. The molecule has 0 aromatic heterocycles. The number of carboxylic acid groups (broad SMARTS) is 1. The number of rotatable bonds is 7. The maximum absolute atomic E-state index is 13.2. The summed E-state index contributed by atoms with van der Waals surface area (Å²) >= 11 is 0. The Hall–Kier alpha value is -3.39. The number of nitrogens with one attached hydrogen (secondary N) is 1. The number of hydrogen-bond donors (Lipinski definition) is 2. The molecule has 4 rings (SSSR count). The zero-order chi connectivity index (χ0) is 24.1. The Bertz CT molecular complexity index is 1010. The van der Waals surface area contributed by atoms with Crippen LogP contribution in [0.4, 0.5) is 4.79 Å². The molecular formula is C26H30N2O6. The second kappa shape index (κ2) is 10.7. The zero-order valence-electron chi connectivity index (χ0n) is 19.2. The number of amides is 2. The highest BCUT2D eigenvalue weighted by atomic mass is 16.5. The molecule has 2 N–H and O–H groups in total. The number of hydrogen-bond acceptors (Lipinski definition) is 5. The number of carbonyl (C=O) groups is 3. The summed E-state index contributed by atoms with van der Waals surface area (Å²) in [5.41, 5.74) is 4.43. The van der Waals surface area contributed by atoms with Gasteiger partial charge in [0.1, 0.15) is 12.6 Å². The van der Waals surface area contributed by atoms with Crippen molar-refractivity contribution in [2.75, 3.05) is 26.4 Å². The van der Waals surface area contributed by atoms with Crippen molar-refractivity contribution >= 4 is 18.0 Å². The summed E-state index contributed by atoms with van der Waals surface area (Å²) in [6, 6.07) is 14.9. The fraction of sp³-hybridized carbons (Fsp3) is 0.423. The van der Waals surface area contributed by atoms with Gasteiger partial charge >= 0.3 is 12.1 Å². The third-order valence-corrected chi connectivity index (χ3v) is 6.44. The van der Waals surface area contributed by atoms with Crippen LogP contribution in [-0.2, 0) is 19.1 Å². The van der Waals surface area contributed by atoms with E-state index in [2.05, 4.69) is 17.4 Å². The molecule has 0 spiro atoms. The third-order valence-electron chi connectivity index (χ3n) is 6.44. The van der Waals surface area contributed by atoms with Gasteiger partial charge in [-0.3, -0.25) is 9.59 Å². The Balaban J connectivity index is 1.44. The molecule has 1 saturated heterocycles. The Morgan fingerprint density at radius 1 is 1.12 bits per heavy atom. The van der Waals surface area contributed by atoms with Crippen molar-refractivity contribution in [1.29, 1.82) is 0 Å². The Morgan fingerprint density at radius 3 is 2.41 bits per heavy atom. The van der Waals surface area contributed by atoms with Crippen LogP contribution in [0.15, 0.2) is 48.5 Å². The average molecular weight is 467 g/mol. The number of carboxylic acids is 1. The first-order chi connectivity index (χ1) is 16.5. The minimum absolute atomic E-state index is 0.0115. The van der Waals surface area contributed by atoms with Crippen LogP contribution in [0, 0.1) is 0 Å². The molecule has 8 heteroatoms. The topological polar surface area (TPSA) is 105 Å². The molecule has 1 aliphatic heterocycles. The molecule has 2 aromatic carbocycles. The molecule has 0 radical (unpaired) electrons. The summed E-state index contributed by atoms with van der Waals surface area (Å²) in [6.45, 7) is 3.46. The molecule has 2 atom stereocenters. The maximum atomic E-state index is 13.2. The van der Waals surface area contributed by atoms with Crippen LogP contribution in [0.1, 0.15) is 43.2 Å². The Labute approximate surface area is 198 Å². The molecule has 8 nitrogen and oxygen atoms in total. The highest BCUT2D eigenvalue weighted by molar-refractivity contribution is 5.86. The average Bonchev–Trinajstić information content (AvgIpc) is 2.99. The van der Waals surface area contributed by atoms with E-state index in [-0.39, 0.29) is 37.3 Å². The predicted octanol–water partition coefficient (Wildman–Crippen LogP) is 3.40. The van der Waals surface area contributed by atoms with E-state index in [4.69, 9.17) is 14.6 Å². The van der Waals surface area contributed by atoms with Crippen LogP contribution in [0.5, 0.6) is 0 Å². The van der Waals surface area contributed by atoms with E-state index >= 15 is 0 Å². The number of fused-ring (bicyclic) bond motifs is 3. The van der Waals surface area contributed by atoms with Gasteiger partial charge in [-0.1, -0.05) is 48.5 Å². The number of benzene rings is 2. The predicted molar refractivity (Wildman–Crippen MR) is 125 cm³/mol. The van der Waals surface area contributed by atoms with Crippen LogP contribution in [0.25, 0.3) is 11.1 Å². The van der Waals surface area contributed by atoms with Crippen LogP contribution < -0.4 is 5.32 Å². The lowest BCUT2D eigenvalue weighted by Gasteiger charge is -2.30. The maximum Gasteiger partial charge on any atom is 0.407 e. The summed E-state index contributed by atoms with van der Waals surface area (Å²) in [6.07, 6.45) is -0.294. The summed E-state index contributed by atoms with van der Waals surface area (Å²) in [5.74, 6) is -1.44. The number of nitrogens with zero attached hydrogens (tertiary/aromatic N) is 1. The monoisotopic (exact) mass is 466 g/mol. The lowest BCUT2D eigenvalue weighted by atomic mass is 9.98. The summed E-state index contributed by atoms with van der Waals surface area (Å²) in [4.78, 5) is 38.8. The van der Waals surface area contributed by atoms with Crippen molar-refractivity contribution in [3.05, 3.63) is 59.7 Å². The van der Waals surface area contributed by atoms with E-state index < -0.39 is 18.1 Å². The Kier molecular flexibility index (Phi) is 7.47. The number of carbonyl (C=O) groups excluding carboxylic acids is 2. The largest absolute Gasteiger partial charge is 0.481 e. The van der Waals surface area contributed by atoms with E-state index in [9.17, 15) is 14.4 Å². The number of aliphatic carboxylic acids is 1. The molecule has 2 aromatic rings. The van der Waals surface area contributed by atoms with Gasteiger partial charge in [0.2, 0.25) is 5.91 Å². The van der Waals surface area contributed by atoms with Crippen molar-refractivity contribution in [1.82, 2.24) is 10.2 Å². The van der Waals surface area contributed by atoms with E-state index in [1.54, 1.807) is 4.90 Å². The van der Waals surface area contributed by atoms with Gasteiger partial charge < -0.3 is 24.8 Å². The molecule has 0 bridgehead atoms. The standard InChI is InChI=1S/C26H30N2O6/c1-17-15-33-14-6-13-28(17)25(31)23(11-12-24(29)30)27-26(32)34-16-22-20-9-4-2-7-18(20)19-8-3-5-10-21(19)22/h2-5,7-10,17,22-23H,6,11-16H2,1H3,(H,27,32)(H,29,30). The van der Waals surface area contributed by atoms with Gasteiger partial charge in [-0.25, -0.2) is 4.79 Å². The lowest BCUT2D eigenvalue weighted by molar-refractivity contribution is -0.138. The van der Waals surface area contributed by atoms with Gasteiger partial charge in [0.05, 0.1) is 12.6 Å². The first-order valence-electron chi connectivity index (χ1n) is 11.7. The van der Waals surface area contributed by atoms with Crippen molar-refractivity contribution in [2.45, 2.75) is 44.2 Å². The van der Waals surface area contributed by atoms with Crippen molar-refractivity contribution in [3.63, 3.8) is 0 Å². The zero-order valence-corrected chi connectivity index (χ0v) is 19.2. The second-order valence-electron chi connectivity index (χ2n) is 8.76. The Morgan fingerprint density at radius 2 is 1.76 bits per heavy atom. The van der Waals surface area contributed by atoms with E-state index in [0.29, 0.717) is 26.2 Å². The highest BCUT2D eigenvalue weighted by Crippen LogP contribution is 2.44. The van der Waals surface area contributed by atoms with Crippen molar-refractivity contribution in [3.8, 4) is 11.1 Å². The first-order valence-corrected chi connectivity index (χ1v) is 11.7. The molecule has 1 fully saturated rings. The fourth-order valence-electron chi connectivity index (χ4n) is 4.74. The van der Waals surface area contributed by atoms with Gasteiger partial charge in [0.15, 0.2) is 0 Å². The summed E-state index contributed by atoms with van der Waals surface area (Å²) < 4.78 is 11.1. The van der Waals surface area contributed by atoms with Gasteiger partial charge in [0, 0.05) is 25.5 Å². The van der Waals surface area contributed by atoms with E-state index in [1.807, 2.05) is 43.3 Å². The van der Waals surface area contributed by atoms with Crippen LogP contribution in [0.3, 0.4) is 0 Å². The second-order valence-corrected chi connectivity index (χ2v) is 8.76. The van der Waals surface area contributed by atoms with Gasteiger partial charge in [-0.2, -0.15) is 0 Å². The van der Waals surface area contributed by atoms with Gasteiger partial charge in [-0.15, -0.1) is 0 Å². The van der Waals surface area contributed by atoms with Crippen molar-refractivity contribution < 1.29 is 29.0 Å². The summed E-state index contributed by atoms with van der Waals surface area (Å²) in [7, 11) is 0. The molecule has 2 unspecified atom stereocenters.